The van der Waals surface area contributed by atoms with Gasteiger partial charge in [0.1, 0.15) is 0 Å². The molecule has 0 fully saturated rings. The summed E-state index contributed by atoms with van der Waals surface area (Å²) < 4.78 is 5.54. The number of carbonyl (C=O) groups is 1. The fourth-order valence-electron chi connectivity index (χ4n) is 1.72. The van der Waals surface area contributed by atoms with Crippen LogP contribution in [0.3, 0.4) is 0 Å². The van der Waals surface area contributed by atoms with Gasteiger partial charge in [0.25, 0.3) is 0 Å². The van der Waals surface area contributed by atoms with E-state index in [4.69, 9.17) is 16.3 Å². The van der Waals surface area contributed by atoms with Crippen molar-refractivity contribution in [3.63, 3.8) is 0 Å². The third-order valence-electron chi connectivity index (χ3n) is 2.60. The first-order valence-electron chi connectivity index (χ1n) is 4.94. The van der Waals surface area contributed by atoms with Crippen LogP contribution in [0.25, 0.3) is 0 Å². The number of hydrogen-bond donors (Lipinski definition) is 1. The fourth-order valence-corrected chi connectivity index (χ4v) is 3.08. The van der Waals surface area contributed by atoms with Gasteiger partial charge < -0.3 is 10.1 Å². The van der Waals surface area contributed by atoms with E-state index in [1.54, 1.807) is 0 Å². The molecular formula is C11H16ClNO2S. The Morgan fingerprint density at radius 1 is 1.56 bits per heavy atom. The lowest BCUT2D eigenvalue weighted by Crippen LogP contribution is -2.38. The van der Waals surface area contributed by atoms with Gasteiger partial charge in [0.2, 0.25) is 0 Å². The first-order chi connectivity index (χ1) is 7.43. The molecule has 0 aliphatic rings. The molecule has 3 nitrogen and oxygen atoms in total. The number of hydrogen-bond acceptors (Lipinski definition) is 4. The second kappa shape index (κ2) is 5.17. The minimum absolute atomic E-state index is 0.0996. The summed E-state index contributed by atoms with van der Waals surface area (Å²) in [5.74, 6) is -0.239. The van der Waals surface area contributed by atoms with Crippen molar-refractivity contribution < 1.29 is 9.53 Å². The standard InChI is InChI=1S/C11H16ClNO2S/c1-11(2,10(14)15-4)9(13-3)7-5-6-8(12)16-7/h5-6,9,13H,1-4H3. The smallest absolute Gasteiger partial charge is 0.313 e. The summed E-state index contributed by atoms with van der Waals surface area (Å²) in [5.41, 5.74) is -0.627. The van der Waals surface area contributed by atoms with Crippen molar-refractivity contribution in [1.82, 2.24) is 5.32 Å². The summed E-state index contributed by atoms with van der Waals surface area (Å²) >= 11 is 7.37. The zero-order chi connectivity index (χ0) is 12.3. The van der Waals surface area contributed by atoms with E-state index in [0.717, 1.165) is 9.21 Å². The second-order valence-electron chi connectivity index (χ2n) is 4.08. The third kappa shape index (κ3) is 2.56. The maximum Gasteiger partial charge on any atom is 0.313 e. The molecule has 0 radical (unpaired) electrons. The van der Waals surface area contributed by atoms with Crippen molar-refractivity contribution in [1.29, 1.82) is 0 Å². The van der Waals surface area contributed by atoms with Gasteiger partial charge in [-0.3, -0.25) is 4.79 Å². The Kier molecular flexibility index (Phi) is 4.35. The predicted molar refractivity (Wildman–Crippen MR) is 66.9 cm³/mol. The van der Waals surface area contributed by atoms with Crippen molar-refractivity contribution in [2.75, 3.05) is 14.2 Å². The quantitative estimate of drug-likeness (QED) is 0.847. The van der Waals surface area contributed by atoms with Crippen LogP contribution in [-0.4, -0.2) is 20.1 Å². The summed E-state index contributed by atoms with van der Waals surface area (Å²) in [7, 11) is 3.22. The number of ether oxygens (including phenoxy) is 1. The Bertz CT molecular complexity index is 376. The van der Waals surface area contributed by atoms with Crippen LogP contribution in [0.1, 0.15) is 24.8 Å². The average molecular weight is 262 g/mol. The van der Waals surface area contributed by atoms with Crippen LogP contribution in [0.15, 0.2) is 12.1 Å². The molecule has 1 aromatic heterocycles. The molecule has 0 bridgehead atoms. The van der Waals surface area contributed by atoms with E-state index in [1.165, 1.54) is 18.4 Å². The first kappa shape index (κ1) is 13.5. The van der Waals surface area contributed by atoms with Gasteiger partial charge in [0, 0.05) is 4.88 Å². The van der Waals surface area contributed by atoms with Crippen LogP contribution >= 0.6 is 22.9 Å². The summed E-state index contributed by atoms with van der Waals surface area (Å²) in [6.07, 6.45) is 0. The fraction of sp³-hybridized carbons (Fsp3) is 0.545. The van der Waals surface area contributed by atoms with Crippen molar-refractivity contribution in [2.24, 2.45) is 5.41 Å². The molecule has 16 heavy (non-hydrogen) atoms. The van der Waals surface area contributed by atoms with E-state index in [1.807, 2.05) is 33.0 Å². The minimum atomic E-state index is -0.627. The molecule has 1 unspecified atom stereocenters. The number of nitrogens with one attached hydrogen (secondary N) is 1. The van der Waals surface area contributed by atoms with Crippen LogP contribution in [0.5, 0.6) is 0 Å². The van der Waals surface area contributed by atoms with E-state index in [-0.39, 0.29) is 12.0 Å². The number of carbonyl (C=O) groups excluding carboxylic acids is 1. The SMILES string of the molecule is CNC(c1ccc(Cl)s1)C(C)(C)C(=O)OC. The maximum absolute atomic E-state index is 11.7. The largest absolute Gasteiger partial charge is 0.469 e. The number of thiophene rings is 1. The highest BCUT2D eigenvalue weighted by Gasteiger charge is 2.38. The predicted octanol–water partition coefficient (Wildman–Crippen LogP) is 2.86. The highest BCUT2D eigenvalue weighted by Crippen LogP contribution is 2.38. The molecule has 0 amide bonds. The summed E-state index contributed by atoms with van der Waals surface area (Å²) in [6.45, 7) is 3.71. The number of halogens is 1. The second-order valence-corrected chi connectivity index (χ2v) is 5.82. The molecule has 1 heterocycles. The van der Waals surface area contributed by atoms with Gasteiger partial charge in [-0.05, 0) is 33.0 Å². The van der Waals surface area contributed by atoms with Crippen LogP contribution in [0, 0.1) is 5.41 Å². The van der Waals surface area contributed by atoms with Crippen molar-refractivity contribution in [2.45, 2.75) is 19.9 Å². The minimum Gasteiger partial charge on any atom is -0.469 e. The van der Waals surface area contributed by atoms with E-state index in [9.17, 15) is 4.79 Å². The highest BCUT2D eigenvalue weighted by atomic mass is 35.5. The Labute approximate surface area is 105 Å². The Morgan fingerprint density at radius 3 is 2.56 bits per heavy atom. The van der Waals surface area contributed by atoms with Crippen LogP contribution in [0.2, 0.25) is 4.34 Å². The van der Waals surface area contributed by atoms with Gasteiger partial charge in [-0.15, -0.1) is 11.3 Å². The van der Waals surface area contributed by atoms with Gasteiger partial charge in [-0.1, -0.05) is 11.6 Å². The Hall–Kier alpha value is -0.580. The molecule has 0 aromatic carbocycles. The topological polar surface area (TPSA) is 38.3 Å². The normalized spacial score (nSPS) is 13.6. The van der Waals surface area contributed by atoms with Crippen LogP contribution < -0.4 is 5.32 Å². The van der Waals surface area contributed by atoms with Crippen molar-refractivity contribution in [3.05, 3.63) is 21.3 Å². The van der Waals surface area contributed by atoms with Crippen molar-refractivity contribution in [3.8, 4) is 0 Å². The molecule has 1 atom stereocenters. The lowest BCUT2D eigenvalue weighted by molar-refractivity contribution is -0.152. The van der Waals surface area contributed by atoms with Gasteiger partial charge in [-0.25, -0.2) is 0 Å². The molecule has 1 rings (SSSR count). The highest BCUT2D eigenvalue weighted by molar-refractivity contribution is 7.16. The lowest BCUT2D eigenvalue weighted by Gasteiger charge is -2.30. The van der Waals surface area contributed by atoms with Crippen molar-refractivity contribution >= 4 is 28.9 Å². The third-order valence-corrected chi connectivity index (χ3v) is 3.90. The van der Waals surface area contributed by atoms with E-state index in [2.05, 4.69) is 5.32 Å². The summed E-state index contributed by atoms with van der Waals surface area (Å²) in [6, 6.07) is 3.66. The molecule has 1 aromatic rings. The van der Waals surface area contributed by atoms with E-state index in [0.29, 0.717) is 0 Å². The molecule has 0 saturated carbocycles. The maximum atomic E-state index is 11.7. The van der Waals surface area contributed by atoms with E-state index < -0.39 is 5.41 Å². The molecule has 0 saturated heterocycles. The number of methoxy groups -OCH3 is 1. The summed E-state index contributed by atoms with van der Waals surface area (Å²) in [5, 5.41) is 3.14. The zero-order valence-corrected chi connectivity index (χ0v) is 11.4. The Balaban J connectivity index is 3.02. The van der Waals surface area contributed by atoms with Crippen LogP contribution in [0.4, 0.5) is 0 Å². The van der Waals surface area contributed by atoms with Gasteiger partial charge in [-0.2, -0.15) is 0 Å². The molecule has 0 spiro atoms. The van der Waals surface area contributed by atoms with E-state index >= 15 is 0 Å². The number of esters is 1. The average Bonchev–Trinajstić information content (AvgIpc) is 2.64. The summed E-state index contributed by atoms with van der Waals surface area (Å²) in [4.78, 5) is 12.8. The molecular weight excluding hydrogens is 246 g/mol. The zero-order valence-electron chi connectivity index (χ0n) is 9.83. The Morgan fingerprint density at radius 2 is 2.19 bits per heavy atom. The molecule has 0 aliphatic heterocycles. The molecule has 90 valence electrons. The van der Waals surface area contributed by atoms with Crippen LogP contribution in [-0.2, 0) is 9.53 Å². The molecule has 0 aliphatic carbocycles. The van der Waals surface area contributed by atoms with Gasteiger partial charge in [0.05, 0.1) is 22.9 Å². The monoisotopic (exact) mass is 261 g/mol. The van der Waals surface area contributed by atoms with Gasteiger partial charge in [0.15, 0.2) is 0 Å². The molecule has 1 N–H and O–H groups in total. The first-order valence-corrected chi connectivity index (χ1v) is 6.13. The lowest BCUT2D eigenvalue weighted by atomic mass is 9.83. The number of rotatable bonds is 4. The van der Waals surface area contributed by atoms with Gasteiger partial charge >= 0.3 is 5.97 Å². The molecule has 5 heteroatoms.